The largest absolute Gasteiger partial charge is 0.481 e. The van der Waals surface area contributed by atoms with Crippen LogP contribution in [0.2, 0.25) is 0 Å². The molecule has 1 amide bonds. The first-order valence-electron chi connectivity index (χ1n) is 5.93. The van der Waals surface area contributed by atoms with Crippen LogP contribution >= 0.6 is 0 Å². The summed E-state index contributed by atoms with van der Waals surface area (Å²) in [7, 11) is 0. The fourth-order valence-electron chi connectivity index (χ4n) is 1.93. The molecule has 1 unspecified atom stereocenters. The Morgan fingerprint density at radius 2 is 2.05 bits per heavy atom. The van der Waals surface area contributed by atoms with Gasteiger partial charge < -0.3 is 10.4 Å². The molecule has 19 heavy (non-hydrogen) atoms. The van der Waals surface area contributed by atoms with E-state index in [1.807, 2.05) is 0 Å². The predicted molar refractivity (Wildman–Crippen MR) is 62.1 cm³/mol. The van der Waals surface area contributed by atoms with Crippen LogP contribution in [-0.2, 0) is 16.1 Å². The zero-order valence-electron chi connectivity index (χ0n) is 10.0. The second-order valence-electron chi connectivity index (χ2n) is 4.61. The molecule has 102 valence electrons. The van der Waals surface area contributed by atoms with Gasteiger partial charge in [0.05, 0.1) is 0 Å². The van der Waals surface area contributed by atoms with Crippen molar-refractivity contribution in [3.8, 4) is 0 Å². The van der Waals surface area contributed by atoms with Crippen molar-refractivity contribution >= 4 is 11.9 Å². The van der Waals surface area contributed by atoms with Crippen LogP contribution < -0.4 is 5.32 Å². The Morgan fingerprint density at radius 1 is 1.37 bits per heavy atom. The van der Waals surface area contributed by atoms with E-state index in [1.54, 1.807) is 0 Å². The smallest absolute Gasteiger partial charge is 0.316 e. The fraction of sp³-hybridized carbons (Fsp3) is 0.385. The van der Waals surface area contributed by atoms with Crippen molar-refractivity contribution in [2.24, 2.45) is 11.8 Å². The molecule has 6 heteroatoms. The van der Waals surface area contributed by atoms with Crippen molar-refractivity contribution in [2.45, 2.75) is 19.4 Å². The third-order valence-corrected chi connectivity index (χ3v) is 3.10. The minimum Gasteiger partial charge on any atom is -0.481 e. The molecule has 1 atom stereocenters. The Kier molecular flexibility index (Phi) is 3.78. The van der Waals surface area contributed by atoms with E-state index >= 15 is 0 Å². The zero-order valence-corrected chi connectivity index (χ0v) is 10.0. The number of rotatable bonds is 5. The number of carboxylic acid groups (broad SMARTS) is 1. The van der Waals surface area contributed by atoms with Crippen molar-refractivity contribution in [1.29, 1.82) is 0 Å². The molecule has 0 aromatic heterocycles. The monoisotopic (exact) mass is 269 g/mol. The molecule has 1 aliphatic carbocycles. The number of aliphatic carboxylic acids is 1. The Bertz CT molecular complexity index is 515. The lowest BCUT2D eigenvalue weighted by molar-refractivity contribution is -0.147. The Morgan fingerprint density at radius 3 is 2.63 bits per heavy atom. The van der Waals surface area contributed by atoms with Gasteiger partial charge >= 0.3 is 5.97 Å². The molecule has 1 aromatic rings. The van der Waals surface area contributed by atoms with E-state index in [2.05, 4.69) is 5.32 Å². The molecule has 4 nitrogen and oxygen atoms in total. The Labute approximate surface area is 108 Å². The van der Waals surface area contributed by atoms with Gasteiger partial charge in [0.15, 0.2) is 0 Å². The summed E-state index contributed by atoms with van der Waals surface area (Å²) in [5, 5.41) is 11.3. The highest BCUT2D eigenvalue weighted by Crippen LogP contribution is 2.37. The lowest BCUT2D eigenvalue weighted by Crippen LogP contribution is -2.36. The Hall–Kier alpha value is -1.98. The van der Waals surface area contributed by atoms with Crippen molar-refractivity contribution in [3.63, 3.8) is 0 Å². The molecule has 1 aliphatic rings. The highest BCUT2D eigenvalue weighted by Gasteiger charge is 2.41. The van der Waals surface area contributed by atoms with Crippen LogP contribution in [0.25, 0.3) is 0 Å². The first-order chi connectivity index (χ1) is 8.99. The molecule has 0 heterocycles. The first-order valence-corrected chi connectivity index (χ1v) is 5.93. The zero-order chi connectivity index (χ0) is 14.0. The summed E-state index contributed by atoms with van der Waals surface area (Å²) in [6, 6.07) is 2.92. The quantitative estimate of drug-likeness (QED) is 0.799. The molecule has 2 rings (SSSR count). The number of carboxylic acids is 1. The van der Waals surface area contributed by atoms with Crippen LogP contribution in [0.1, 0.15) is 18.4 Å². The average Bonchev–Trinajstić information content (AvgIpc) is 3.14. The van der Waals surface area contributed by atoms with Gasteiger partial charge in [0.1, 0.15) is 17.6 Å². The fourth-order valence-corrected chi connectivity index (χ4v) is 1.93. The minimum atomic E-state index is -1.18. The number of hydrogen-bond acceptors (Lipinski definition) is 2. The number of carbonyl (C=O) groups is 2. The highest BCUT2D eigenvalue weighted by atomic mass is 19.1. The van der Waals surface area contributed by atoms with Crippen molar-refractivity contribution in [2.75, 3.05) is 0 Å². The number of carbonyl (C=O) groups excluding carboxylic acids is 1. The van der Waals surface area contributed by atoms with E-state index < -0.39 is 29.4 Å². The van der Waals surface area contributed by atoms with Crippen LogP contribution in [0.4, 0.5) is 8.78 Å². The maximum absolute atomic E-state index is 13.3. The van der Waals surface area contributed by atoms with E-state index in [9.17, 15) is 18.4 Å². The van der Waals surface area contributed by atoms with Gasteiger partial charge in [-0.2, -0.15) is 0 Å². The van der Waals surface area contributed by atoms with Gasteiger partial charge in [0.2, 0.25) is 5.91 Å². The predicted octanol–water partition coefficient (Wildman–Crippen LogP) is 1.69. The maximum Gasteiger partial charge on any atom is 0.316 e. The summed E-state index contributed by atoms with van der Waals surface area (Å²) in [4.78, 5) is 22.7. The van der Waals surface area contributed by atoms with Gasteiger partial charge in [0, 0.05) is 12.1 Å². The second kappa shape index (κ2) is 5.34. The summed E-state index contributed by atoms with van der Waals surface area (Å²) in [5.74, 6) is -4.33. The van der Waals surface area contributed by atoms with Crippen molar-refractivity contribution in [3.05, 3.63) is 35.4 Å². The van der Waals surface area contributed by atoms with Gasteiger partial charge in [-0.1, -0.05) is 0 Å². The lowest BCUT2D eigenvalue weighted by Gasteiger charge is -2.12. The summed E-state index contributed by atoms with van der Waals surface area (Å²) >= 11 is 0. The molecule has 0 aliphatic heterocycles. The van der Waals surface area contributed by atoms with Gasteiger partial charge in [-0.15, -0.1) is 0 Å². The second-order valence-corrected chi connectivity index (χ2v) is 4.61. The van der Waals surface area contributed by atoms with E-state index in [4.69, 9.17) is 5.11 Å². The SMILES string of the molecule is O=C(O)C(C(=O)NCc1cc(F)ccc1F)C1CC1. The van der Waals surface area contributed by atoms with E-state index in [0.717, 1.165) is 18.2 Å². The number of amides is 1. The topological polar surface area (TPSA) is 66.4 Å². The van der Waals surface area contributed by atoms with Gasteiger partial charge in [0.25, 0.3) is 0 Å². The molecule has 1 saturated carbocycles. The molecule has 0 radical (unpaired) electrons. The average molecular weight is 269 g/mol. The van der Waals surface area contributed by atoms with Crippen LogP contribution in [0.15, 0.2) is 18.2 Å². The lowest BCUT2D eigenvalue weighted by atomic mass is 10.0. The third kappa shape index (κ3) is 3.27. The molecule has 0 bridgehead atoms. The summed E-state index contributed by atoms with van der Waals surface area (Å²) in [5.41, 5.74) is -0.00622. The van der Waals surface area contributed by atoms with Crippen molar-refractivity contribution < 1.29 is 23.5 Å². The molecule has 2 N–H and O–H groups in total. The number of halogens is 2. The van der Waals surface area contributed by atoms with E-state index in [-0.39, 0.29) is 18.0 Å². The molecular weight excluding hydrogens is 256 g/mol. The maximum atomic E-state index is 13.3. The minimum absolute atomic E-state index is 0.00622. The Balaban J connectivity index is 1.99. The van der Waals surface area contributed by atoms with Gasteiger partial charge in [-0.3, -0.25) is 9.59 Å². The van der Waals surface area contributed by atoms with Crippen LogP contribution in [0.3, 0.4) is 0 Å². The third-order valence-electron chi connectivity index (χ3n) is 3.10. The number of benzene rings is 1. The molecule has 0 spiro atoms. The van der Waals surface area contributed by atoms with Crippen molar-refractivity contribution in [1.82, 2.24) is 5.32 Å². The van der Waals surface area contributed by atoms with Gasteiger partial charge in [-0.05, 0) is 37.0 Å². The number of hydrogen-bond donors (Lipinski definition) is 2. The standard InChI is InChI=1S/C13H13F2NO3/c14-9-3-4-10(15)8(5-9)6-16-12(17)11(13(18)19)7-1-2-7/h3-5,7,11H,1-2,6H2,(H,16,17)(H,18,19). The molecular formula is C13H13F2NO3. The highest BCUT2D eigenvalue weighted by molar-refractivity contribution is 5.97. The van der Waals surface area contributed by atoms with Gasteiger partial charge in [-0.25, -0.2) is 8.78 Å². The van der Waals surface area contributed by atoms with Crippen LogP contribution in [0.5, 0.6) is 0 Å². The number of nitrogens with one attached hydrogen (secondary N) is 1. The van der Waals surface area contributed by atoms with E-state index in [1.165, 1.54) is 0 Å². The molecule has 0 saturated heterocycles. The van der Waals surface area contributed by atoms with Crippen LogP contribution in [0, 0.1) is 23.5 Å². The van der Waals surface area contributed by atoms with Crippen LogP contribution in [-0.4, -0.2) is 17.0 Å². The normalized spacial score (nSPS) is 15.9. The summed E-state index contributed by atoms with van der Waals surface area (Å²) in [6.07, 6.45) is 1.41. The molecule has 1 aromatic carbocycles. The van der Waals surface area contributed by atoms with E-state index in [0.29, 0.717) is 12.8 Å². The molecule has 1 fully saturated rings. The summed E-state index contributed by atoms with van der Waals surface area (Å²) in [6.45, 7) is -0.223. The summed E-state index contributed by atoms with van der Waals surface area (Å²) < 4.78 is 26.2. The first kappa shape index (κ1) is 13.5.